The van der Waals surface area contributed by atoms with Gasteiger partial charge in [0.2, 0.25) is 0 Å². The number of ether oxygens (including phenoxy) is 1. The molecule has 0 saturated carbocycles. The van der Waals surface area contributed by atoms with Crippen molar-refractivity contribution in [1.29, 1.82) is 0 Å². The number of aliphatic hydroxyl groups is 1. The highest BCUT2D eigenvalue weighted by atomic mass is 16.5. The number of aliphatic hydroxyl groups excluding tert-OH is 1. The highest BCUT2D eigenvalue weighted by Crippen LogP contribution is 2.28. The molecule has 2 fully saturated rings. The van der Waals surface area contributed by atoms with Crippen molar-refractivity contribution in [3.05, 3.63) is 0 Å². The molecule has 2 aliphatic rings. The summed E-state index contributed by atoms with van der Waals surface area (Å²) in [6.45, 7) is 4.61. The Morgan fingerprint density at radius 3 is 2.54 bits per heavy atom. The normalized spacial score (nSPS) is 36.5. The van der Waals surface area contributed by atoms with Crippen LogP contribution in [-0.4, -0.2) is 48.0 Å². The highest BCUT2D eigenvalue weighted by molar-refractivity contribution is 4.91. The van der Waals surface area contributed by atoms with Crippen LogP contribution in [0.3, 0.4) is 0 Å². The summed E-state index contributed by atoms with van der Waals surface area (Å²) in [5, 5.41) is 9.59. The second kappa shape index (κ2) is 3.95. The molecular formula is C10H19NO2. The molecule has 0 radical (unpaired) electrons. The van der Waals surface area contributed by atoms with Gasteiger partial charge in [0.15, 0.2) is 0 Å². The molecule has 2 rings (SSSR count). The molecule has 3 heteroatoms. The molecule has 0 aliphatic carbocycles. The standard InChI is InChI=1S/C10H19NO2/c1-2-10(12)5-11-8-3-4-9(11)7-13-6-8/h8-10,12H,2-7H2,1H3/t8?,9?,10-/m1/s1. The van der Waals surface area contributed by atoms with Crippen LogP contribution in [0.5, 0.6) is 0 Å². The third-order valence-corrected chi connectivity index (χ3v) is 3.28. The molecule has 1 N–H and O–H groups in total. The Morgan fingerprint density at radius 2 is 2.00 bits per heavy atom. The van der Waals surface area contributed by atoms with Crippen molar-refractivity contribution >= 4 is 0 Å². The lowest BCUT2D eigenvalue weighted by molar-refractivity contribution is -0.0333. The molecule has 13 heavy (non-hydrogen) atoms. The van der Waals surface area contributed by atoms with Crippen molar-refractivity contribution < 1.29 is 9.84 Å². The molecule has 2 bridgehead atoms. The molecular weight excluding hydrogens is 166 g/mol. The second-order valence-corrected chi connectivity index (χ2v) is 4.18. The Kier molecular flexibility index (Phi) is 2.86. The maximum absolute atomic E-state index is 9.59. The van der Waals surface area contributed by atoms with Crippen LogP contribution in [0.4, 0.5) is 0 Å². The van der Waals surface area contributed by atoms with E-state index in [1.165, 1.54) is 12.8 Å². The zero-order chi connectivity index (χ0) is 9.26. The summed E-state index contributed by atoms with van der Waals surface area (Å²) in [7, 11) is 0. The number of nitrogens with zero attached hydrogens (tertiary/aromatic N) is 1. The third kappa shape index (κ3) is 1.87. The zero-order valence-electron chi connectivity index (χ0n) is 8.28. The van der Waals surface area contributed by atoms with Gasteiger partial charge in [0.05, 0.1) is 19.3 Å². The van der Waals surface area contributed by atoms with Gasteiger partial charge in [0.1, 0.15) is 0 Å². The summed E-state index contributed by atoms with van der Waals surface area (Å²) >= 11 is 0. The summed E-state index contributed by atoms with van der Waals surface area (Å²) in [5.74, 6) is 0. The van der Waals surface area contributed by atoms with Gasteiger partial charge in [0.25, 0.3) is 0 Å². The van der Waals surface area contributed by atoms with Gasteiger partial charge in [-0.05, 0) is 19.3 Å². The summed E-state index contributed by atoms with van der Waals surface area (Å²) in [6, 6.07) is 1.17. The van der Waals surface area contributed by atoms with Crippen LogP contribution in [-0.2, 0) is 4.74 Å². The average molecular weight is 185 g/mol. The Balaban J connectivity index is 1.91. The SMILES string of the molecule is CC[C@@H](O)CN1C2CCC1COC2. The summed E-state index contributed by atoms with van der Waals surface area (Å²) in [5.41, 5.74) is 0. The van der Waals surface area contributed by atoms with Gasteiger partial charge in [-0.1, -0.05) is 6.92 Å². The van der Waals surface area contributed by atoms with Crippen LogP contribution in [0.15, 0.2) is 0 Å². The Bertz CT molecular complexity index is 158. The van der Waals surface area contributed by atoms with Crippen molar-refractivity contribution in [2.45, 2.75) is 44.4 Å². The summed E-state index contributed by atoms with van der Waals surface area (Å²) < 4.78 is 5.48. The molecule has 76 valence electrons. The number of fused-ring (bicyclic) bond motifs is 2. The monoisotopic (exact) mass is 185 g/mol. The van der Waals surface area contributed by atoms with Crippen LogP contribution in [0.25, 0.3) is 0 Å². The number of hydrogen-bond acceptors (Lipinski definition) is 3. The minimum atomic E-state index is -0.152. The smallest absolute Gasteiger partial charge is 0.0664 e. The van der Waals surface area contributed by atoms with E-state index in [0.717, 1.165) is 26.2 Å². The van der Waals surface area contributed by atoms with Crippen molar-refractivity contribution in [2.75, 3.05) is 19.8 Å². The van der Waals surface area contributed by atoms with Crippen molar-refractivity contribution in [2.24, 2.45) is 0 Å². The molecule has 0 spiro atoms. The van der Waals surface area contributed by atoms with Crippen LogP contribution in [0.2, 0.25) is 0 Å². The van der Waals surface area contributed by atoms with Gasteiger partial charge in [-0.3, -0.25) is 4.90 Å². The van der Waals surface area contributed by atoms with Crippen molar-refractivity contribution in [3.63, 3.8) is 0 Å². The van der Waals surface area contributed by atoms with Crippen LogP contribution in [0.1, 0.15) is 26.2 Å². The van der Waals surface area contributed by atoms with Gasteiger partial charge < -0.3 is 9.84 Å². The van der Waals surface area contributed by atoms with Gasteiger partial charge >= 0.3 is 0 Å². The Morgan fingerprint density at radius 1 is 1.38 bits per heavy atom. The lowest BCUT2D eigenvalue weighted by atomic mass is 10.2. The Hall–Kier alpha value is -0.120. The maximum Gasteiger partial charge on any atom is 0.0664 e. The van der Waals surface area contributed by atoms with E-state index in [9.17, 15) is 5.11 Å². The molecule has 0 amide bonds. The predicted molar refractivity (Wildman–Crippen MR) is 50.6 cm³/mol. The van der Waals surface area contributed by atoms with E-state index in [1.54, 1.807) is 0 Å². The summed E-state index contributed by atoms with van der Waals surface area (Å²) in [4.78, 5) is 2.44. The number of hydrogen-bond donors (Lipinski definition) is 1. The summed E-state index contributed by atoms with van der Waals surface area (Å²) in [6.07, 6.45) is 3.21. The molecule has 0 aromatic carbocycles. The topological polar surface area (TPSA) is 32.7 Å². The van der Waals surface area contributed by atoms with E-state index in [4.69, 9.17) is 4.74 Å². The Labute approximate surface area is 79.7 Å². The van der Waals surface area contributed by atoms with Crippen LogP contribution >= 0.6 is 0 Å². The third-order valence-electron chi connectivity index (χ3n) is 3.28. The van der Waals surface area contributed by atoms with E-state index in [2.05, 4.69) is 4.90 Å². The first-order valence-electron chi connectivity index (χ1n) is 5.32. The maximum atomic E-state index is 9.59. The quantitative estimate of drug-likeness (QED) is 0.699. The van der Waals surface area contributed by atoms with E-state index < -0.39 is 0 Å². The molecule has 0 aromatic heterocycles. The lowest BCUT2D eigenvalue weighted by Crippen LogP contribution is -2.48. The van der Waals surface area contributed by atoms with Crippen molar-refractivity contribution in [1.82, 2.24) is 4.90 Å². The fourth-order valence-electron chi connectivity index (χ4n) is 2.38. The second-order valence-electron chi connectivity index (χ2n) is 4.18. The van der Waals surface area contributed by atoms with Crippen LogP contribution in [0, 0.1) is 0 Å². The first-order chi connectivity index (χ1) is 6.31. The van der Waals surface area contributed by atoms with E-state index in [0.29, 0.717) is 12.1 Å². The first-order valence-corrected chi connectivity index (χ1v) is 5.32. The largest absolute Gasteiger partial charge is 0.392 e. The minimum absolute atomic E-state index is 0.152. The molecule has 2 unspecified atom stereocenters. The first kappa shape index (κ1) is 9.44. The molecule has 2 aliphatic heterocycles. The van der Waals surface area contributed by atoms with Crippen LogP contribution < -0.4 is 0 Å². The highest BCUT2D eigenvalue weighted by Gasteiger charge is 2.37. The fourth-order valence-corrected chi connectivity index (χ4v) is 2.38. The minimum Gasteiger partial charge on any atom is -0.392 e. The molecule has 2 heterocycles. The van der Waals surface area contributed by atoms with Gasteiger partial charge in [-0.25, -0.2) is 0 Å². The van der Waals surface area contributed by atoms with E-state index in [-0.39, 0.29) is 6.10 Å². The average Bonchev–Trinajstić information content (AvgIpc) is 2.41. The van der Waals surface area contributed by atoms with Gasteiger partial charge in [-0.15, -0.1) is 0 Å². The van der Waals surface area contributed by atoms with E-state index >= 15 is 0 Å². The van der Waals surface area contributed by atoms with Gasteiger partial charge in [0, 0.05) is 18.6 Å². The van der Waals surface area contributed by atoms with Gasteiger partial charge in [-0.2, -0.15) is 0 Å². The number of morpholine rings is 1. The fraction of sp³-hybridized carbons (Fsp3) is 1.00. The van der Waals surface area contributed by atoms with Crippen molar-refractivity contribution in [3.8, 4) is 0 Å². The van der Waals surface area contributed by atoms with E-state index in [1.807, 2.05) is 6.92 Å². The molecule has 0 aromatic rings. The molecule has 3 nitrogen and oxygen atoms in total. The lowest BCUT2D eigenvalue weighted by Gasteiger charge is -2.35. The zero-order valence-corrected chi connectivity index (χ0v) is 8.28. The molecule has 3 atom stereocenters. The number of rotatable bonds is 3. The molecule has 2 saturated heterocycles. The predicted octanol–water partition coefficient (Wildman–Crippen LogP) is 0.620.